The Bertz CT molecular complexity index is 4270. The Kier molecular flexibility index (Phi) is 43.5. The fourth-order valence-corrected chi connectivity index (χ4v) is 17.7. The molecule has 4 atom stereocenters. The van der Waals surface area contributed by atoms with Crippen LogP contribution in [0, 0.1) is 82.9 Å². The van der Waals surface area contributed by atoms with Gasteiger partial charge < -0.3 is 0 Å². The quantitative estimate of drug-likeness (QED) is 0.0439. The van der Waals surface area contributed by atoms with Gasteiger partial charge in [-0.2, -0.15) is 0 Å². The zero-order chi connectivity index (χ0) is 87.2. The van der Waals surface area contributed by atoms with Gasteiger partial charge in [0.2, 0.25) is 50.6 Å². The van der Waals surface area contributed by atoms with Crippen molar-refractivity contribution < 1.29 is 36.5 Å². The molecule has 120 heavy (non-hydrogen) atoms. The van der Waals surface area contributed by atoms with E-state index in [9.17, 15) is 0 Å². The summed E-state index contributed by atoms with van der Waals surface area (Å²) in [4.78, 5) is 0. The highest BCUT2D eigenvalue weighted by molar-refractivity contribution is 5.25. The third kappa shape index (κ3) is 37.1. The highest BCUT2D eigenvalue weighted by atomic mass is 15.1. The number of benzene rings is 2. The molecule has 0 amide bonds. The molecule has 0 N–H and O–H groups in total. The van der Waals surface area contributed by atoms with E-state index in [4.69, 9.17) is 0 Å². The molecule has 0 saturated heterocycles. The first kappa shape index (κ1) is 99.2. The van der Waals surface area contributed by atoms with Gasteiger partial charge in [-0.1, -0.05) is 159 Å². The van der Waals surface area contributed by atoms with Crippen molar-refractivity contribution >= 4 is 0 Å². The maximum absolute atomic E-state index is 2.38. The largest absolute Gasteiger partial charge is 0.244 e. The van der Waals surface area contributed by atoms with Crippen molar-refractivity contribution in [3.63, 3.8) is 0 Å². The number of hydrogen-bond acceptors (Lipinski definition) is 0. The smallest absolute Gasteiger partial charge is 0.240 e. The maximum Gasteiger partial charge on any atom is 0.244 e. The Balaban J connectivity index is 0.000000190. The molecule has 16 nitrogen and oxygen atoms in total. The Hall–Kier alpha value is -7.88. The second-order valence-electron chi connectivity index (χ2n) is 39.5. The normalized spacial score (nSPS) is 18.9. The summed E-state index contributed by atoms with van der Waals surface area (Å²) in [5.74, 6) is 13.8. The van der Waals surface area contributed by atoms with Crippen LogP contribution in [0.4, 0.5) is 0 Å². The molecule has 4 fully saturated rings. The lowest BCUT2D eigenvalue weighted by molar-refractivity contribution is -0.703. The molecule has 4 aliphatic rings. The summed E-state index contributed by atoms with van der Waals surface area (Å²) >= 11 is 0. The first-order chi connectivity index (χ1) is 57.4. The van der Waals surface area contributed by atoms with Crippen LogP contribution in [0.2, 0.25) is 0 Å². The summed E-state index contributed by atoms with van der Waals surface area (Å²) in [6.45, 7) is 58.9. The second-order valence-corrected chi connectivity index (χ2v) is 39.5. The lowest BCUT2D eigenvalue weighted by atomic mass is 9.77. The molecule has 4 aliphatic carbocycles. The fraction of sp³-hybridized carbons (Fsp3) is 0.654. The number of imidazole rings is 8. The number of aromatic nitrogens is 16. The van der Waals surface area contributed by atoms with Gasteiger partial charge in [0.05, 0.1) is 93.6 Å². The highest BCUT2D eigenvalue weighted by Gasteiger charge is 2.31. The molecule has 4 saturated carbocycles. The number of aryl methyl sites for hydroxylation is 10. The van der Waals surface area contributed by atoms with Crippen LogP contribution in [0.15, 0.2) is 198 Å². The topological polar surface area (TPSA) is 70.5 Å². The number of rotatable bonds is 28. The first-order valence-electron chi connectivity index (χ1n) is 47.8. The minimum absolute atomic E-state index is 0.609. The first-order valence-corrected chi connectivity index (χ1v) is 47.8. The molecule has 4 unspecified atom stereocenters. The Morgan fingerprint density at radius 1 is 0.300 bits per heavy atom. The average Bonchev–Trinajstić information content (AvgIpc) is 1.74. The molecule has 0 aliphatic heterocycles. The lowest BCUT2D eigenvalue weighted by Gasteiger charge is -2.29. The van der Waals surface area contributed by atoms with E-state index in [1.807, 2.05) is 14.1 Å². The average molecular weight is 1650 g/mol. The van der Waals surface area contributed by atoms with Crippen LogP contribution in [0.1, 0.15) is 275 Å². The van der Waals surface area contributed by atoms with Crippen LogP contribution >= 0.6 is 0 Å². The molecule has 0 radical (unpaired) electrons. The standard InChI is InChI=1S/C15H27N2.C15H21N2.C14H25N2.C14H19N2.C14H25N2.C13H23N2.C10H19N2.C9H17N2/c2*1-4-16-9-10-17(12-16)11-14-5-7-15(8-6-14)13(2)3;2*1-12(2)14-6-4-13(5-7-14)10-16-9-8-15(3)11-16;1-4-15-7-8-16(11-15)10-13-5-6-14(9-13)12(2)3;1-11(2)13-5-4-12(8-13)9-15-7-6-14(3)10-15;1-4-11-7-8-12(9-11)6-5-10(2)3;1-9(2)4-5-11-7-6-10(3)8-11/h9-10,12-15H,4-8,11H2,1-3H3;5-10,12-13H,4,11H2,1-3H3;8-9,11-14H,4-7,10H2,1-3H3;4-9,11-12H,10H2,1-3H3;7-8,11-14H,4-6,9-10H2,1-3H3;6-7,10-13H,4-5,8-9H2,1-3H3;7-10H,4-6H2,1-3H3;6-9H,4-5H2,1-3H3/q8*+1. The van der Waals surface area contributed by atoms with Crippen LogP contribution in [-0.4, -0.2) is 36.5 Å². The molecule has 0 spiro atoms. The van der Waals surface area contributed by atoms with Crippen molar-refractivity contribution in [1.82, 2.24) is 36.5 Å². The summed E-state index contributed by atoms with van der Waals surface area (Å²) < 4.78 is 35.5. The molecular weight excluding hydrogens is 1470 g/mol. The Labute approximate surface area is 732 Å². The minimum Gasteiger partial charge on any atom is -0.240 e. The van der Waals surface area contributed by atoms with E-state index in [2.05, 4.69) is 424 Å². The fourth-order valence-electron chi connectivity index (χ4n) is 17.7. The van der Waals surface area contributed by atoms with Crippen molar-refractivity contribution in [2.24, 2.45) is 111 Å². The molecular formula is C104H176N16+8. The summed E-state index contributed by atoms with van der Waals surface area (Å²) in [7, 11) is 8.26. The van der Waals surface area contributed by atoms with Crippen LogP contribution in [0.25, 0.3) is 0 Å². The predicted octanol–water partition coefficient (Wildman–Crippen LogP) is 19.9. The maximum atomic E-state index is 2.38. The van der Waals surface area contributed by atoms with E-state index >= 15 is 0 Å². The summed E-state index contributed by atoms with van der Waals surface area (Å²) in [5.41, 5.74) is 5.51. The van der Waals surface area contributed by atoms with Crippen molar-refractivity contribution in [1.29, 1.82) is 0 Å². The van der Waals surface area contributed by atoms with Crippen LogP contribution in [0.5, 0.6) is 0 Å². The monoisotopic (exact) mass is 1650 g/mol. The van der Waals surface area contributed by atoms with Crippen LogP contribution in [0.3, 0.4) is 0 Å². The van der Waals surface area contributed by atoms with Gasteiger partial charge in [0, 0.05) is 0 Å². The van der Waals surface area contributed by atoms with E-state index in [1.165, 1.54) is 151 Å². The third-order valence-corrected chi connectivity index (χ3v) is 26.3. The van der Waals surface area contributed by atoms with Crippen molar-refractivity contribution in [3.8, 4) is 0 Å². The number of nitrogens with zero attached hydrogens (tertiary/aromatic N) is 16. The predicted molar refractivity (Wildman–Crippen MR) is 494 cm³/mol. The number of hydrogen-bond donors (Lipinski definition) is 0. The van der Waals surface area contributed by atoms with E-state index in [-0.39, 0.29) is 0 Å². The molecule has 664 valence electrons. The second kappa shape index (κ2) is 52.6. The van der Waals surface area contributed by atoms with Crippen molar-refractivity contribution in [2.45, 2.75) is 332 Å². The summed E-state index contributed by atoms with van der Waals surface area (Å²) in [6, 6.07) is 17.8. The van der Waals surface area contributed by atoms with E-state index in [0.717, 1.165) is 135 Å². The summed E-state index contributed by atoms with van der Waals surface area (Å²) in [5, 5.41) is 0. The van der Waals surface area contributed by atoms with Crippen molar-refractivity contribution in [2.75, 3.05) is 0 Å². The van der Waals surface area contributed by atoms with Gasteiger partial charge in [0.15, 0.2) is 0 Å². The molecule has 16 heteroatoms. The Morgan fingerprint density at radius 2 is 0.625 bits per heavy atom. The van der Waals surface area contributed by atoms with E-state index in [0.29, 0.717) is 11.8 Å². The molecule has 14 rings (SSSR count). The molecule has 8 heterocycles. The van der Waals surface area contributed by atoms with Gasteiger partial charge >= 0.3 is 0 Å². The molecule has 0 bridgehead atoms. The molecule has 2 aromatic carbocycles. The highest BCUT2D eigenvalue weighted by Crippen LogP contribution is 2.38. The SMILES string of the molecule is CC(C)C1CCC(Cn2cc[n+](C)c2)C1.CC(C)C1CCC(Cn2cc[n+](C)c2)CC1.CC(C)CCn1cc[n+](C)c1.CC(C)c1ccc(Cn2cc[n+](C)c2)cc1.CCn1cc[n+](CC2CCC(C(C)C)C2)c1.CCn1cc[n+](CC2CCC(C(C)C)CC2)c1.CCn1cc[n+](CCC(C)C)c1.CCn1cc[n+](Cc2ccc(C(C)C)cc2)c1. The van der Waals surface area contributed by atoms with Gasteiger partial charge in [0.25, 0.3) is 0 Å². The van der Waals surface area contributed by atoms with Crippen molar-refractivity contribution in [3.05, 3.63) is 221 Å². The van der Waals surface area contributed by atoms with E-state index < -0.39 is 0 Å². The lowest BCUT2D eigenvalue weighted by Crippen LogP contribution is -2.37. The Morgan fingerprint density at radius 3 is 1.01 bits per heavy atom. The van der Waals surface area contributed by atoms with Gasteiger partial charge in [-0.05, 0) is 247 Å². The van der Waals surface area contributed by atoms with Gasteiger partial charge in [0.1, 0.15) is 112 Å². The van der Waals surface area contributed by atoms with Crippen LogP contribution < -0.4 is 36.5 Å². The van der Waals surface area contributed by atoms with Crippen LogP contribution in [-0.2, 0) is 107 Å². The summed E-state index contributed by atoms with van der Waals surface area (Å²) in [6.07, 6.45) is 74.2. The minimum atomic E-state index is 0.609. The molecule has 10 aromatic rings. The zero-order valence-corrected chi connectivity index (χ0v) is 80.7. The van der Waals surface area contributed by atoms with Gasteiger partial charge in [-0.15, -0.1) is 0 Å². The van der Waals surface area contributed by atoms with E-state index in [1.54, 1.807) is 0 Å². The van der Waals surface area contributed by atoms with Gasteiger partial charge in [-0.3, -0.25) is 0 Å². The third-order valence-electron chi connectivity index (χ3n) is 26.3. The zero-order valence-electron chi connectivity index (χ0n) is 80.7. The van der Waals surface area contributed by atoms with Gasteiger partial charge in [-0.25, -0.2) is 73.1 Å². The molecule has 8 aromatic heterocycles.